The van der Waals surface area contributed by atoms with E-state index in [1.807, 2.05) is 24.3 Å². The SMILES string of the molecule is COc1ccc2c(Cc3ccccc3Cl)c3[n+](cc2c1OC)CCc1cc2c(cc1-3)OCO2. The summed E-state index contributed by atoms with van der Waals surface area (Å²) in [6.45, 7) is 1.12. The molecule has 0 saturated carbocycles. The minimum absolute atomic E-state index is 0.263. The van der Waals surface area contributed by atoms with Gasteiger partial charge in [-0.15, -0.1) is 0 Å². The van der Waals surface area contributed by atoms with Crippen LogP contribution in [0.2, 0.25) is 5.02 Å². The van der Waals surface area contributed by atoms with Crippen LogP contribution >= 0.6 is 11.6 Å². The number of methoxy groups -OCH3 is 2. The zero-order valence-electron chi connectivity index (χ0n) is 18.5. The van der Waals surface area contributed by atoms with Gasteiger partial charge in [-0.1, -0.05) is 29.8 Å². The van der Waals surface area contributed by atoms with Crippen LogP contribution in [-0.4, -0.2) is 21.0 Å². The van der Waals surface area contributed by atoms with Gasteiger partial charge in [0.05, 0.1) is 25.2 Å². The molecule has 0 unspecified atom stereocenters. The normalized spacial score (nSPS) is 13.5. The first-order valence-corrected chi connectivity index (χ1v) is 11.3. The van der Waals surface area contributed by atoms with Crippen molar-refractivity contribution in [3.05, 3.63) is 76.4 Å². The van der Waals surface area contributed by atoms with Crippen LogP contribution in [0.15, 0.2) is 54.7 Å². The van der Waals surface area contributed by atoms with Crippen LogP contribution in [0.25, 0.3) is 22.0 Å². The van der Waals surface area contributed by atoms with E-state index >= 15 is 0 Å². The van der Waals surface area contributed by atoms with Crippen molar-refractivity contribution in [1.82, 2.24) is 0 Å². The number of nitrogens with zero attached hydrogens (tertiary/aromatic N) is 1. The lowest BCUT2D eigenvalue weighted by molar-refractivity contribution is -0.686. The zero-order chi connectivity index (χ0) is 22.5. The molecule has 5 nitrogen and oxygen atoms in total. The highest BCUT2D eigenvalue weighted by Gasteiger charge is 2.32. The van der Waals surface area contributed by atoms with Crippen LogP contribution in [0.1, 0.15) is 16.7 Å². The number of aryl methyl sites for hydroxylation is 2. The molecule has 0 N–H and O–H groups in total. The average molecular weight is 461 g/mol. The van der Waals surface area contributed by atoms with E-state index in [0.29, 0.717) is 12.2 Å². The third-order valence-electron chi connectivity index (χ3n) is 6.57. The van der Waals surface area contributed by atoms with Gasteiger partial charge in [-0.2, -0.15) is 4.57 Å². The van der Waals surface area contributed by atoms with Crippen LogP contribution in [0, 0.1) is 0 Å². The maximum Gasteiger partial charge on any atom is 0.231 e. The molecule has 0 saturated heterocycles. The second kappa shape index (κ2) is 7.85. The molecule has 0 aliphatic carbocycles. The van der Waals surface area contributed by atoms with E-state index in [1.54, 1.807) is 14.2 Å². The molecule has 3 aromatic carbocycles. The van der Waals surface area contributed by atoms with E-state index in [4.69, 9.17) is 30.5 Å². The Morgan fingerprint density at radius 2 is 1.79 bits per heavy atom. The summed E-state index contributed by atoms with van der Waals surface area (Å²) in [6.07, 6.45) is 3.78. The molecule has 6 rings (SSSR count). The third kappa shape index (κ3) is 3.18. The van der Waals surface area contributed by atoms with E-state index in [1.165, 1.54) is 22.4 Å². The number of halogens is 1. The molecule has 3 heterocycles. The predicted molar refractivity (Wildman–Crippen MR) is 127 cm³/mol. The molecular weight excluding hydrogens is 438 g/mol. The van der Waals surface area contributed by atoms with Crippen molar-refractivity contribution in [3.63, 3.8) is 0 Å². The Hall–Kier alpha value is -3.44. The molecular formula is C27H23ClNO4+. The lowest BCUT2D eigenvalue weighted by Gasteiger charge is -2.21. The number of ether oxygens (including phenoxy) is 4. The van der Waals surface area contributed by atoms with Gasteiger partial charge in [0.15, 0.2) is 35.7 Å². The average Bonchev–Trinajstić information content (AvgIpc) is 3.30. The van der Waals surface area contributed by atoms with E-state index in [0.717, 1.165) is 51.6 Å². The van der Waals surface area contributed by atoms with Gasteiger partial charge >= 0.3 is 0 Å². The Morgan fingerprint density at radius 3 is 2.58 bits per heavy atom. The van der Waals surface area contributed by atoms with E-state index < -0.39 is 0 Å². The Morgan fingerprint density at radius 1 is 0.970 bits per heavy atom. The van der Waals surface area contributed by atoms with Crippen molar-refractivity contribution in [2.75, 3.05) is 21.0 Å². The highest BCUT2D eigenvalue weighted by atomic mass is 35.5. The van der Waals surface area contributed by atoms with Crippen molar-refractivity contribution in [3.8, 4) is 34.3 Å². The Labute approximate surface area is 197 Å². The number of fused-ring (bicyclic) bond motifs is 5. The molecule has 33 heavy (non-hydrogen) atoms. The fourth-order valence-electron chi connectivity index (χ4n) is 5.02. The summed E-state index contributed by atoms with van der Waals surface area (Å²) in [5, 5.41) is 2.90. The first-order valence-electron chi connectivity index (χ1n) is 10.9. The number of rotatable bonds is 4. The molecule has 0 bridgehead atoms. The number of hydrogen-bond acceptors (Lipinski definition) is 4. The molecule has 2 aliphatic rings. The van der Waals surface area contributed by atoms with Crippen LogP contribution in [0.4, 0.5) is 0 Å². The summed E-state index contributed by atoms with van der Waals surface area (Å²) < 4.78 is 25.1. The minimum atomic E-state index is 0.263. The van der Waals surface area contributed by atoms with E-state index in [-0.39, 0.29) is 6.79 Å². The maximum atomic E-state index is 6.60. The van der Waals surface area contributed by atoms with Gasteiger partial charge in [0.1, 0.15) is 0 Å². The number of aromatic nitrogens is 1. The summed E-state index contributed by atoms with van der Waals surface area (Å²) in [6, 6.07) is 16.3. The molecule has 0 atom stereocenters. The van der Waals surface area contributed by atoms with Crippen molar-refractivity contribution >= 4 is 22.4 Å². The topological polar surface area (TPSA) is 40.8 Å². The molecule has 0 spiro atoms. The van der Waals surface area contributed by atoms with Crippen LogP contribution in [0.3, 0.4) is 0 Å². The fraction of sp³-hybridized carbons (Fsp3) is 0.222. The zero-order valence-corrected chi connectivity index (χ0v) is 19.2. The largest absolute Gasteiger partial charge is 0.493 e. The molecule has 4 aromatic rings. The van der Waals surface area contributed by atoms with Gasteiger partial charge in [0.25, 0.3) is 0 Å². The van der Waals surface area contributed by atoms with E-state index in [2.05, 4.69) is 35.0 Å². The lowest BCUT2D eigenvalue weighted by Crippen LogP contribution is -2.41. The maximum absolute atomic E-state index is 6.60. The van der Waals surface area contributed by atoms with Crippen LogP contribution in [0.5, 0.6) is 23.0 Å². The second-order valence-electron chi connectivity index (χ2n) is 8.29. The Kier molecular flexibility index (Phi) is 4.80. The second-order valence-corrected chi connectivity index (χ2v) is 8.70. The summed E-state index contributed by atoms with van der Waals surface area (Å²) in [5.41, 5.74) is 5.89. The monoisotopic (exact) mass is 460 g/mol. The van der Waals surface area contributed by atoms with Gasteiger partial charge in [-0.25, -0.2) is 0 Å². The highest BCUT2D eigenvalue weighted by Crippen LogP contribution is 2.44. The predicted octanol–water partition coefficient (Wildman–Crippen LogP) is 5.34. The van der Waals surface area contributed by atoms with Gasteiger partial charge in [-0.3, -0.25) is 0 Å². The summed E-state index contributed by atoms with van der Waals surface area (Å²) in [5.74, 6) is 3.07. The summed E-state index contributed by atoms with van der Waals surface area (Å²) in [7, 11) is 3.35. The third-order valence-corrected chi connectivity index (χ3v) is 6.94. The lowest BCUT2D eigenvalue weighted by atomic mass is 9.88. The van der Waals surface area contributed by atoms with Gasteiger partial charge in [0.2, 0.25) is 12.5 Å². The molecule has 6 heteroatoms. The van der Waals surface area contributed by atoms with Gasteiger partial charge < -0.3 is 18.9 Å². The van der Waals surface area contributed by atoms with Gasteiger partial charge in [0, 0.05) is 28.8 Å². The molecule has 1 aromatic heterocycles. The first kappa shape index (κ1) is 20.2. The van der Waals surface area contributed by atoms with Crippen molar-refractivity contribution in [1.29, 1.82) is 0 Å². The van der Waals surface area contributed by atoms with Crippen LogP contribution in [-0.2, 0) is 19.4 Å². The minimum Gasteiger partial charge on any atom is -0.493 e. The van der Waals surface area contributed by atoms with Gasteiger partial charge in [-0.05, 0) is 41.5 Å². The molecule has 166 valence electrons. The van der Waals surface area contributed by atoms with Crippen molar-refractivity contribution in [2.45, 2.75) is 19.4 Å². The summed E-state index contributed by atoms with van der Waals surface area (Å²) >= 11 is 6.60. The summed E-state index contributed by atoms with van der Waals surface area (Å²) in [4.78, 5) is 0. The standard InChI is InChI=1S/C27H23ClNO4/c1-30-23-8-7-18-20(11-17-5-3-4-6-22(17)28)26-19-13-25-24(32-15-33-25)12-16(19)9-10-29(26)14-21(18)27(23)31-2/h3-8,12-14H,9-11,15H2,1-2H3/q+1. The van der Waals surface area contributed by atoms with Crippen molar-refractivity contribution < 1.29 is 23.5 Å². The first-order chi connectivity index (χ1) is 16.2. The Bertz CT molecular complexity index is 1420. The smallest absolute Gasteiger partial charge is 0.231 e. The quantitative estimate of drug-likeness (QED) is 0.385. The molecule has 0 amide bonds. The fourth-order valence-corrected chi connectivity index (χ4v) is 5.22. The molecule has 0 radical (unpaired) electrons. The van der Waals surface area contributed by atoms with Crippen LogP contribution < -0.4 is 23.5 Å². The number of hydrogen-bond donors (Lipinski definition) is 0. The van der Waals surface area contributed by atoms with Crippen molar-refractivity contribution in [2.24, 2.45) is 0 Å². The number of benzene rings is 3. The Balaban J connectivity index is 1.67. The number of pyridine rings is 1. The van der Waals surface area contributed by atoms with E-state index in [9.17, 15) is 0 Å². The molecule has 2 aliphatic heterocycles. The molecule has 0 fully saturated rings. The highest BCUT2D eigenvalue weighted by molar-refractivity contribution is 6.31.